The molecule has 1 aliphatic carbocycles. The number of benzene rings is 1. The maximum atomic E-state index is 13.3. The van der Waals surface area contributed by atoms with Crippen molar-refractivity contribution in [1.82, 2.24) is 0 Å². The second-order valence-electron chi connectivity index (χ2n) is 4.43. The molecular weight excluding hydrogens is 255 g/mol. The normalized spacial score (nSPS) is 16.3. The quantitative estimate of drug-likeness (QED) is 0.716. The summed E-state index contributed by atoms with van der Waals surface area (Å²) in [7, 11) is 0. The van der Waals surface area contributed by atoms with Crippen LogP contribution in [0.15, 0.2) is 12.1 Å². The number of carbonyl (C=O) groups is 1. The third-order valence-corrected chi connectivity index (χ3v) is 4.67. The molecule has 0 amide bonds. The van der Waals surface area contributed by atoms with E-state index in [0.29, 0.717) is 12.2 Å². The van der Waals surface area contributed by atoms with E-state index in [9.17, 15) is 9.18 Å². The number of anilines is 2. The van der Waals surface area contributed by atoms with Crippen LogP contribution in [-0.4, -0.2) is 28.6 Å². The van der Waals surface area contributed by atoms with Crippen molar-refractivity contribution in [2.45, 2.75) is 17.6 Å². The van der Waals surface area contributed by atoms with Gasteiger partial charge in [-0.3, -0.25) is 0 Å². The summed E-state index contributed by atoms with van der Waals surface area (Å²) in [5.74, 6) is -1.92. The molecule has 6 heteroatoms. The summed E-state index contributed by atoms with van der Waals surface area (Å²) in [6.45, 7) is 0.666. The number of nitrogens with two attached hydrogens (primary N) is 1. The minimum atomic E-state index is -1.22. The highest BCUT2D eigenvalue weighted by atomic mass is 32.2. The number of hydrogen-bond acceptors (Lipinski definition) is 4. The summed E-state index contributed by atoms with van der Waals surface area (Å²) in [4.78, 5) is 11.1. The van der Waals surface area contributed by atoms with E-state index < -0.39 is 11.8 Å². The van der Waals surface area contributed by atoms with E-state index in [2.05, 4.69) is 5.32 Å². The van der Waals surface area contributed by atoms with Crippen LogP contribution >= 0.6 is 11.8 Å². The number of nitrogen functional groups attached to an aromatic ring is 1. The Hall–Kier alpha value is -1.43. The molecule has 0 spiro atoms. The van der Waals surface area contributed by atoms with Gasteiger partial charge in [-0.2, -0.15) is 11.8 Å². The fraction of sp³-hybridized carbons (Fsp3) is 0.417. The van der Waals surface area contributed by atoms with Crippen molar-refractivity contribution in [3.63, 3.8) is 0 Å². The van der Waals surface area contributed by atoms with Gasteiger partial charge in [0, 0.05) is 11.3 Å². The molecule has 0 saturated heterocycles. The topological polar surface area (TPSA) is 75.3 Å². The van der Waals surface area contributed by atoms with Gasteiger partial charge in [0.15, 0.2) is 0 Å². The number of carboxylic acids is 1. The van der Waals surface area contributed by atoms with Gasteiger partial charge in [0.2, 0.25) is 0 Å². The minimum Gasteiger partial charge on any atom is -0.478 e. The lowest BCUT2D eigenvalue weighted by Gasteiger charge is -2.16. The van der Waals surface area contributed by atoms with Crippen LogP contribution in [0.3, 0.4) is 0 Å². The summed E-state index contributed by atoms with van der Waals surface area (Å²) in [6, 6.07) is 2.61. The first-order valence-electron chi connectivity index (χ1n) is 5.59. The third-order valence-electron chi connectivity index (χ3n) is 3.25. The molecule has 2 rings (SSSR count). The zero-order valence-corrected chi connectivity index (χ0v) is 10.8. The average molecular weight is 270 g/mol. The fourth-order valence-corrected chi connectivity index (χ4v) is 2.55. The van der Waals surface area contributed by atoms with E-state index in [1.54, 1.807) is 11.8 Å². The van der Waals surface area contributed by atoms with E-state index in [1.807, 2.05) is 6.26 Å². The van der Waals surface area contributed by atoms with Gasteiger partial charge in [-0.1, -0.05) is 0 Å². The molecule has 1 aromatic carbocycles. The number of aromatic carboxylic acids is 1. The van der Waals surface area contributed by atoms with Gasteiger partial charge in [-0.15, -0.1) is 0 Å². The molecule has 0 aromatic heterocycles. The standard InChI is InChI=1S/C12H15FN2O2S/c1-18-12(4-5-12)6-15-8-3-2-7(13)10(14)9(8)11(16)17/h2-3,15H,4-6,14H2,1H3,(H,16,17). The van der Waals surface area contributed by atoms with Gasteiger partial charge in [-0.05, 0) is 31.2 Å². The smallest absolute Gasteiger partial charge is 0.340 e. The first kappa shape index (κ1) is 13.0. The molecule has 4 N–H and O–H groups in total. The number of rotatable bonds is 5. The van der Waals surface area contributed by atoms with Crippen molar-refractivity contribution >= 4 is 29.1 Å². The average Bonchev–Trinajstić information content (AvgIpc) is 3.11. The van der Waals surface area contributed by atoms with Crippen molar-refractivity contribution in [1.29, 1.82) is 0 Å². The molecular formula is C12H15FN2O2S. The first-order valence-corrected chi connectivity index (χ1v) is 6.82. The van der Waals surface area contributed by atoms with Gasteiger partial charge in [0.1, 0.15) is 11.4 Å². The maximum Gasteiger partial charge on any atom is 0.340 e. The molecule has 0 radical (unpaired) electrons. The van der Waals surface area contributed by atoms with Crippen LogP contribution < -0.4 is 11.1 Å². The van der Waals surface area contributed by atoms with E-state index >= 15 is 0 Å². The van der Waals surface area contributed by atoms with Gasteiger partial charge in [0.25, 0.3) is 0 Å². The first-order chi connectivity index (χ1) is 8.49. The number of carboxylic acid groups (broad SMARTS) is 1. The predicted molar refractivity (Wildman–Crippen MR) is 71.7 cm³/mol. The number of halogens is 1. The Morgan fingerprint density at radius 3 is 2.78 bits per heavy atom. The summed E-state index contributed by atoms with van der Waals surface area (Å²) in [5.41, 5.74) is 5.34. The Bertz CT molecular complexity index is 489. The van der Waals surface area contributed by atoms with Crippen molar-refractivity contribution < 1.29 is 14.3 Å². The Labute approximate surface area is 109 Å². The lowest BCUT2D eigenvalue weighted by atomic mass is 10.1. The summed E-state index contributed by atoms with van der Waals surface area (Å²) in [6.07, 6.45) is 4.26. The van der Waals surface area contributed by atoms with E-state index in [1.165, 1.54) is 12.1 Å². The largest absolute Gasteiger partial charge is 0.478 e. The molecule has 4 nitrogen and oxygen atoms in total. The van der Waals surface area contributed by atoms with Crippen molar-refractivity contribution in [3.05, 3.63) is 23.5 Å². The lowest BCUT2D eigenvalue weighted by Crippen LogP contribution is -2.19. The molecule has 1 aliphatic rings. The van der Waals surface area contributed by atoms with E-state index in [-0.39, 0.29) is 16.0 Å². The molecule has 1 aromatic rings. The molecule has 98 valence electrons. The number of thioether (sulfide) groups is 1. The Kier molecular flexibility index (Phi) is 3.38. The Morgan fingerprint density at radius 2 is 2.28 bits per heavy atom. The van der Waals surface area contributed by atoms with Crippen LogP contribution in [0.4, 0.5) is 15.8 Å². The van der Waals surface area contributed by atoms with Crippen LogP contribution in [0.25, 0.3) is 0 Å². The second kappa shape index (κ2) is 4.68. The van der Waals surface area contributed by atoms with Crippen LogP contribution in [0.5, 0.6) is 0 Å². The molecule has 0 aliphatic heterocycles. The maximum absolute atomic E-state index is 13.3. The van der Waals surface area contributed by atoms with Crippen LogP contribution in [0.1, 0.15) is 23.2 Å². The lowest BCUT2D eigenvalue weighted by molar-refractivity contribution is 0.0698. The van der Waals surface area contributed by atoms with Gasteiger partial charge in [0.05, 0.1) is 11.4 Å². The summed E-state index contributed by atoms with van der Waals surface area (Å²) < 4.78 is 13.4. The molecule has 0 heterocycles. The monoisotopic (exact) mass is 270 g/mol. The zero-order chi connectivity index (χ0) is 13.3. The number of nitrogens with one attached hydrogen (secondary N) is 1. The highest BCUT2D eigenvalue weighted by molar-refractivity contribution is 8.00. The van der Waals surface area contributed by atoms with Crippen LogP contribution in [-0.2, 0) is 0 Å². The highest BCUT2D eigenvalue weighted by Crippen LogP contribution is 2.47. The Balaban J connectivity index is 2.22. The molecule has 1 saturated carbocycles. The van der Waals surface area contributed by atoms with Gasteiger partial charge < -0.3 is 16.2 Å². The van der Waals surface area contributed by atoms with Gasteiger partial charge >= 0.3 is 5.97 Å². The van der Waals surface area contributed by atoms with Crippen LogP contribution in [0.2, 0.25) is 0 Å². The summed E-state index contributed by atoms with van der Waals surface area (Å²) in [5, 5.41) is 12.1. The van der Waals surface area contributed by atoms with E-state index in [0.717, 1.165) is 12.8 Å². The second-order valence-corrected chi connectivity index (χ2v) is 5.70. The van der Waals surface area contributed by atoms with E-state index in [4.69, 9.17) is 10.8 Å². The van der Waals surface area contributed by atoms with Crippen molar-refractivity contribution in [2.75, 3.05) is 23.9 Å². The molecule has 0 unspecified atom stereocenters. The fourth-order valence-electron chi connectivity index (χ4n) is 1.82. The molecule has 1 fully saturated rings. The van der Waals surface area contributed by atoms with Crippen LogP contribution in [0, 0.1) is 5.82 Å². The number of hydrogen-bond donors (Lipinski definition) is 3. The molecule has 0 bridgehead atoms. The summed E-state index contributed by atoms with van der Waals surface area (Å²) >= 11 is 1.76. The Morgan fingerprint density at radius 1 is 1.61 bits per heavy atom. The molecule has 0 atom stereocenters. The third kappa shape index (κ3) is 2.38. The molecule has 18 heavy (non-hydrogen) atoms. The predicted octanol–water partition coefficient (Wildman–Crippen LogP) is 2.41. The van der Waals surface area contributed by atoms with Gasteiger partial charge in [-0.25, -0.2) is 9.18 Å². The van der Waals surface area contributed by atoms with Crippen molar-refractivity contribution in [2.24, 2.45) is 0 Å². The zero-order valence-electron chi connectivity index (χ0n) is 10.00. The SMILES string of the molecule is CSC1(CNc2ccc(F)c(N)c2C(=O)O)CC1. The highest BCUT2D eigenvalue weighted by Gasteiger charge is 2.41. The minimum absolute atomic E-state index is 0.188. The van der Waals surface area contributed by atoms with Crippen molar-refractivity contribution in [3.8, 4) is 0 Å².